The van der Waals surface area contributed by atoms with Crippen LogP contribution in [0, 0.1) is 0 Å². The molecule has 0 unspecified atom stereocenters. The molecule has 0 spiro atoms. The highest BCUT2D eigenvalue weighted by atomic mass is 16.3. The van der Waals surface area contributed by atoms with Gasteiger partial charge in [-0.15, -0.1) is 0 Å². The highest BCUT2D eigenvalue weighted by molar-refractivity contribution is 4.10. The van der Waals surface area contributed by atoms with Crippen molar-refractivity contribution in [3.63, 3.8) is 0 Å². The fraction of sp³-hybridized carbons (Fsp3) is 1.00. The molecule has 0 fully saturated rings. The van der Waals surface area contributed by atoms with Crippen LogP contribution in [0.25, 0.3) is 0 Å². The third kappa shape index (κ3) is 2530. The molecule has 3 nitrogen and oxygen atoms in total. The average Bonchev–Trinajstić information content (AvgIpc) is 2.26. The van der Waals surface area contributed by atoms with E-state index >= 15 is 0 Å². The Morgan fingerprint density at radius 2 is 0.867 bits per heavy atom. The van der Waals surface area contributed by atoms with Crippen molar-refractivity contribution in [1.29, 1.82) is 0 Å². The molecule has 3 heteroatoms. The van der Waals surface area contributed by atoms with Gasteiger partial charge in [0, 0.05) is 20.3 Å². The Hall–Kier alpha value is -0.120. The van der Waals surface area contributed by atoms with E-state index in [2.05, 4.69) is 13.8 Å². The molecule has 0 aliphatic rings. The fourth-order valence-electron chi connectivity index (χ4n) is 0. The summed E-state index contributed by atoms with van der Waals surface area (Å²) in [6.45, 7) is 12.4. The summed E-state index contributed by atoms with van der Waals surface area (Å²) in [5.41, 5.74) is 0. The van der Waals surface area contributed by atoms with Crippen LogP contribution in [-0.2, 0) is 0 Å². The number of hydrogen-bond donors (Lipinski definition) is 3. The molecule has 0 rings (SSSR count). The van der Waals surface area contributed by atoms with E-state index in [1.807, 2.05) is 20.8 Å². The topological polar surface area (TPSA) is 60.7 Å². The average molecular weight is 228 g/mol. The lowest BCUT2D eigenvalue weighted by Crippen LogP contribution is -1.69. The molecule has 0 atom stereocenters. The molecule has 0 aromatic heterocycles. The normalized spacial score (nSPS) is 5.20. The summed E-state index contributed by atoms with van der Waals surface area (Å²) in [6.07, 6.45) is 2.12. The van der Waals surface area contributed by atoms with E-state index < -0.39 is 0 Å². The summed E-state index contributed by atoms with van der Waals surface area (Å²) < 4.78 is 0. The van der Waals surface area contributed by atoms with Crippen molar-refractivity contribution in [2.75, 3.05) is 20.3 Å². The first-order valence-corrected chi connectivity index (χ1v) is 5.41. The number of aliphatic hydroxyl groups excluding tert-OH is 3. The largest absolute Gasteiger partial charge is 0.400 e. The summed E-state index contributed by atoms with van der Waals surface area (Å²) in [6, 6.07) is 0. The molecule has 0 radical (unpaired) electrons. The summed E-state index contributed by atoms with van der Waals surface area (Å²) >= 11 is 0. The predicted molar refractivity (Wildman–Crippen MR) is 72.3 cm³/mol. The van der Waals surface area contributed by atoms with Crippen LogP contribution in [0.2, 0.25) is 0 Å². The lowest BCUT2D eigenvalue weighted by molar-refractivity contribution is 0.295. The molecule has 0 aromatic rings. The van der Waals surface area contributed by atoms with Gasteiger partial charge in [-0.25, -0.2) is 0 Å². The van der Waals surface area contributed by atoms with Crippen molar-refractivity contribution >= 4 is 0 Å². The summed E-state index contributed by atoms with van der Waals surface area (Å²) in [4.78, 5) is 0. The van der Waals surface area contributed by atoms with E-state index in [0.29, 0.717) is 6.61 Å². The molecule has 102 valence electrons. The van der Waals surface area contributed by atoms with Gasteiger partial charge in [0.2, 0.25) is 0 Å². The minimum absolute atomic E-state index is 0. The molecule has 0 bridgehead atoms. The molecule has 0 saturated heterocycles. The van der Waals surface area contributed by atoms with E-state index in [9.17, 15) is 0 Å². The lowest BCUT2D eigenvalue weighted by Gasteiger charge is -1.69. The second-order valence-corrected chi connectivity index (χ2v) is 1.75. The van der Waals surface area contributed by atoms with Gasteiger partial charge < -0.3 is 15.3 Å². The van der Waals surface area contributed by atoms with E-state index in [4.69, 9.17) is 15.3 Å². The maximum absolute atomic E-state index is 7.88. The van der Waals surface area contributed by atoms with Gasteiger partial charge in [-0.3, -0.25) is 0 Å². The molecular weight excluding hydrogens is 192 g/mol. The standard InChI is InChI=1S/C3H8O.C3H8.C2H6O.C2H6.CH4O.CH4/c1-2-3-4;1-3-2;1-2-3;2*1-2;/h4H,2-3H2,1H3;3H2,1-2H3;3H,2H2,1H3;1-2H3;2H,1H3;1H4. The number of aliphatic hydroxyl groups is 3. The number of rotatable bonds is 1. The van der Waals surface area contributed by atoms with Crippen molar-refractivity contribution in [3.05, 3.63) is 0 Å². The minimum atomic E-state index is 0. The van der Waals surface area contributed by atoms with Crippen molar-refractivity contribution in [2.24, 2.45) is 0 Å². The molecule has 3 N–H and O–H groups in total. The third-order valence-electron chi connectivity index (χ3n) is 0.224. The van der Waals surface area contributed by atoms with Crippen molar-refractivity contribution in [1.82, 2.24) is 0 Å². The van der Waals surface area contributed by atoms with E-state index in [1.54, 1.807) is 6.92 Å². The Morgan fingerprint density at radius 1 is 0.800 bits per heavy atom. The summed E-state index contributed by atoms with van der Waals surface area (Å²) in [5, 5.41) is 22.4. The molecule has 0 amide bonds. The van der Waals surface area contributed by atoms with Gasteiger partial charge in [0.25, 0.3) is 0 Å². The summed E-state index contributed by atoms with van der Waals surface area (Å²) in [7, 11) is 1.00. The van der Waals surface area contributed by atoms with E-state index in [-0.39, 0.29) is 14.0 Å². The molecular formula is C12H36O3. The van der Waals surface area contributed by atoms with Crippen molar-refractivity contribution in [3.8, 4) is 0 Å². The van der Waals surface area contributed by atoms with Crippen molar-refractivity contribution < 1.29 is 15.3 Å². The smallest absolute Gasteiger partial charge is 0.0428 e. The van der Waals surface area contributed by atoms with Gasteiger partial charge in [0.1, 0.15) is 0 Å². The van der Waals surface area contributed by atoms with Gasteiger partial charge in [-0.1, -0.05) is 48.5 Å². The highest BCUT2D eigenvalue weighted by Crippen LogP contribution is 1.61. The fourth-order valence-corrected chi connectivity index (χ4v) is 0. The van der Waals surface area contributed by atoms with Gasteiger partial charge >= 0.3 is 0 Å². The Morgan fingerprint density at radius 3 is 0.867 bits per heavy atom. The summed E-state index contributed by atoms with van der Waals surface area (Å²) in [5.74, 6) is 0. The first-order valence-electron chi connectivity index (χ1n) is 5.41. The van der Waals surface area contributed by atoms with Crippen LogP contribution in [0.4, 0.5) is 0 Å². The molecule has 0 aliphatic carbocycles. The monoisotopic (exact) mass is 228 g/mol. The third-order valence-corrected chi connectivity index (χ3v) is 0.224. The van der Waals surface area contributed by atoms with Crippen LogP contribution in [-0.4, -0.2) is 35.6 Å². The quantitative estimate of drug-likeness (QED) is 0.646. The maximum atomic E-state index is 7.88. The zero-order valence-corrected chi connectivity index (χ0v) is 11.2. The lowest BCUT2D eigenvalue weighted by atomic mass is 10.5. The molecule has 0 heterocycles. The Bertz CT molecular complexity index is 22.8. The van der Waals surface area contributed by atoms with E-state index in [0.717, 1.165) is 13.5 Å². The van der Waals surface area contributed by atoms with Gasteiger partial charge in [0.05, 0.1) is 0 Å². The maximum Gasteiger partial charge on any atom is 0.0428 e. The van der Waals surface area contributed by atoms with Crippen LogP contribution < -0.4 is 0 Å². The molecule has 0 aliphatic heterocycles. The van der Waals surface area contributed by atoms with E-state index in [1.165, 1.54) is 6.42 Å². The molecule has 0 saturated carbocycles. The second kappa shape index (κ2) is 153. The molecule has 15 heavy (non-hydrogen) atoms. The Labute approximate surface area is 98.2 Å². The predicted octanol–water partition coefficient (Wildman–Crippen LogP) is 3.07. The van der Waals surface area contributed by atoms with Gasteiger partial charge in [-0.05, 0) is 13.3 Å². The molecule has 0 aromatic carbocycles. The highest BCUT2D eigenvalue weighted by Gasteiger charge is 1.57. The first kappa shape index (κ1) is 36.4. The minimum Gasteiger partial charge on any atom is -0.400 e. The van der Waals surface area contributed by atoms with Crippen LogP contribution in [0.15, 0.2) is 0 Å². The Balaban J connectivity index is -0.0000000171. The van der Waals surface area contributed by atoms with Crippen LogP contribution >= 0.6 is 0 Å². The SMILES string of the molecule is C.CC.CCC.CCCO.CCO.CO. The Kier molecular flexibility index (Phi) is 371. The van der Waals surface area contributed by atoms with Crippen LogP contribution in [0.1, 0.15) is 61.8 Å². The van der Waals surface area contributed by atoms with Crippen molar-refractivity contribution in [2.45, 2.75) is 61.8 Å². The second-order valence-electron chi connectivity index (χ2n) is 1.75. The van der Waals surface area contributed by atoms with Crippen LogP contribution in [0.5, 0.6) is 0 Å². The van der Waals surface area contributed by atoms with Crippen LogP contribution in [0.3, 0.4) is 0 Å². The zero-order chi connectivity index (χ0) is 12.8. The zero-order valence-electron chi connectivity index (χ0n) is 11.2. The van der Waals surface area contributed by atoms with Gasteiger partial charge in [-0.2, -0.15) is 0 Å². The first-order chi connectivity index (χ1) is 6.74. The van der Waals surface area contributed by atoms with Gasteiger partial charge in [0.15, 0.2) is 0 Å². The number of hydrogen-bond acceptors (Lipinski definition) is 3.